The minimum Gasteiger partial charge on any atom is -0.444 e. The van der Waals surface area contributed by atoms with Crippen LogP contribution >= 0.6 is 0 Å². The van der Waals surface area contributed by atoms with E-state index >= 15 is 0 Å². The molecule has 0 aromatic carbocycles. The maximum Gasteiger partial charge on any atom is 0.408 e. The van der Waals surface area contributed by atoms with Crippen LogP contribution in [0.1, 0.15) is 40.5 Å². The van der Waals surface area contributed by atoms with E-state index < -0.39 is 23.6 Å². The molecule has 0 heterocycles. The monoisotopic (exact) mass is 275 g/mol. The van der Waals surface area contributed by atoms with Crippen LogP contribution in [0.2, 0.25) is 0 Å². The number of rotatable bonds is 7. The number of nitrogens with two attached hydrogens (primary N) is 1. The van der Waals surface area contributed by atoms with Gasteiger partial charge < -0.3 is 14.8 Å². The summed E-state index contributed by atoms with van der Waals surface area (Å²) in [6.07, 6.45) is 1.21. The molecule has 1 atom stereocenters. The van der Waals surface area contributed by atoms with Gasteiger partial charge in [-0.25, -0.2) is 10.6 Å². The first-order chi connectivity index (χ1) is 8.80. The van der Waals surface area contributed by atoms with Crippen LogP contribution in [0.4, 0.5) is 4.79 Å². The predicted octanol–water partition coefficient (Wildman–Crippen LogP) is 0.686. The Morgan fingerprint density at radius 1 is 1.32 bits per heavy atom. The molecule has 0 aliphatic heterocycles. The fourth-order valence-corrected chi connectivity index (χ4v) is 1.18. The number of hydrazine groups is 1. The number of alkyl carbamates (subject to hydrolysis) is 1. The summed E-state index contributed by atoms with van der Waals surface area (Å²) in [5, 5.41) is 2.42. The second kappa shape index (κ2) is 8.71. The van der Waals surface area contributed by atoms with Crippen molar-refractivity contribution in [1.82, 2.24) is 10.7 Å². The topological polar surface area (TPSA) is 103 Å². The van der Waals surface area contributed by atoms with Gasteiger partial charge in [-0.05, 0) is 27.2 Å². The van der Waals surface area contributed by atoms with Gasteiger partial charge in [-0.1, -0.05) is 13.3 Å². The summed E-state index contributed by atoms with van der Waals surface area (Å²) in [7, 11) is 0. The minimum atomic E-state index is -0.864. The third-order valence-corrected chi connectivity index (χ3v) is 2.08. The third kappa shape index (κ3) is 9.26. The largest absolute Gasteiger partial charge is 0.444 e. The first kappa shape index (κ1) is 17.7. The van der Waals surface area contributed by atoms with Gasteiger partial charge >= 0.3 is 6.09 Å². The second-order valence-corrected chi connectivity index (χ2v) is 5.14. The van der Waals surface area contributed by atoms with Gasteiger partial charge in [0.2, 0.25) is 0 Å². The Kier molecular flexibility index (Phi) is 8.09. The molecule has 7 nitrogen and oxygen atoms in total. The Hall–Kier alpha value is -1.34. The molecule has 19 heavy (non-hydrogen) atoms. The van der Waals surface area contributed by atoms with Crippen molar-refractivity contribution in [2.24, 2.45) is 5.84 Å². The molecule has 0 bridgehead atoms. The molecule has 7 heteroatoms. The van der Waals surface area contributed by atoms with Crippen LogP contribution in [0.25, 0.3) is 0 Å². The van der Waals surface area contributed by atoms with Gasteiger partial charge in [0.25, 0.3) is 5.91 Å². The van der Waals surface area contributed by atoms with Crippen molar-refractivity contribution >= 4 is 12.0 Å². The Bertz CT molecular complexity index is 289. The van der Waals surface area contributed by atoms with Crippen molar-refractivity contribution in [2.75, 3.05) is 13.2 Å². The van der Waals surface area contributed by atoms with Crippen molar-refractivity contribution in [3.63, 3.8) is 0 Å². The quantitative estimate of drug-likeness (QED) is 0.274. The molecular weight excluding hydrogens is 250 g/mol. The molecule has 1 unspecified atom stereocenters. The fraction of sp³-hybridized carbons (Fsp3) is 0.833. The maximum atomic E-state index is 11.6. The molecule has 0 aromatic heterocycles. The summed E-state index contributed by atoms with van der Waals surface area (Å²) in [6, 6.07) is -0.864. The van der Waals surface area contributed by atoms with E-state index in [0.717, 1.165) is 12.8 Å². The molecule has 0 saturated heterocycles. The van der Waals surface area contributed by atoms with E-state index in [1.165, 1.54) is 0 Å². The SMILES string of the molecule is CCCCOCC(NC(=O)OC(C)(C)C)C(=O)NN. The lowest BCUT2D eigenvalue weighted by atomic mass is 10.2. The number of carbonyl (C=O) groups is 2. The zero-order valence-electron chi connectivity index (χ0n) is 12.1. The molecule has 0 aliphatic rings. The summed E-state index contributed by atoms with van der Waals surface area (Å²) in [6.45, 7) is 7.84. The van der Waals surface area contributed by atoms with Gasteiger partial charge in [-0.2, -0.15) is 0 Å². The van der Waals surface area contributed by atoms with Crippen LogP contribution in [0.5, 0.6) is 0 Å². The van der Waals surface area contributed by atoms with Crippen LogP contribution in [-0.2, 0) is 14.3 Å². The molecule has 0 radical (unpaired) electrons. The Morgan fingerprint density at radius 3 is 2.42 bits per heavy atom. The number of hydrogen-bond donors (Lipinski definition) is 3. The normalized spacial score (nSPS) is 12.7. The first-order valence-electron chi connectivity index (χ1n) is 6.38. The minimum absolute atomic E-state index is 0.0578. The molecule has 112 valence electrons. The number of ether oxygens (including phenoxy) is 2. The highest BCUT2D eigenvalue weighted by atomic mass is 16.6. The van der Waals surface area contributed by atoms with Gasteiger partial charge in [0.1, 0.15) is 11.6 Å². The van der Waals surface area contributed by atoms with Crippen molar-refractivity contribution in [3.8, 4) is 0 Å². The zero-order chi connectivity index (χ0) is 14.9. The van der Waals surface area contributed by atoms with Gasteiger partial charge in [0.15, 0.2) is 0 Å². The number of carbonyl (C=O) groups excluding carboxylic acids is 2. The first-order valence-corrected chi connectivity index (χ1v) is 6.38. The Labute approximate surface area is 114 Å². The van der Waals surface area contributed by atoms with Crippen LogP contribution < -0.4 is 16.6 Å². The zero-order valence-corrected chi connectivity index (χ0v) is 12.1. The van der Waals surface area contributed by atoms with E-state index in [4.69, 9.17) is 15.3 Å². The second-order valence-electron chi connectivity index (χ2n) is 5.14. The van der Waals surface area contributed by atoms with Crippen LogP contribution in [-0.4, -0.2) is 36.9 Å². The molecule has 0 fully saturated rings. The van der Waals surface area contributed by atoms with Crippen molar-refractivity contribution < 1.29 is 19.1 Å². The highest BCUT2D eigenvalue weighted by Gasteiger charge is 2.23. The van der Waals surface area contributed by atoms with E-state index in [9.17, 15) is 9.59 Å². The fourth-order valence-electron chi connectivity index (χ4n) is 1.18. The molecule has 2 amide bonds. The lowest BCUT2D eigenvalue weighted by molar-refractivity contribution is -0.124. The molecule has 0 aliphatic carbocycles. The molecule has 4 N–H and O–H groups in total. The molecule has 0 saturated carbocycles. The van der Waals surface area contributed by atoms with Crippen LogP contribution in [0, 0.1) is 0 Å². The smallest absolute Gasteiger partial charge is 0.408 e. The molecule has 0 spiro atoms. The number of nitrogens with one attached hydrogen (secondary N) is 2. The molecule has 0 aromatic rings. The highest BCUT2D eigenvalue weighted by molar-refractivity contribution is 5.85. The van der Waals surface area contributed by atoms with E-state index in [1.807, 2.05) is 12.3 Å². The molecule has 0 rings (SSSR count). The summed E-state index contributed by atoms with van der Waals surface area (Å²) < 4.78 is 10.4. The average Bonchev–Trinajstić information content (AvgIpc) is 2.29. The van der Waals surface area contributed by atoms with E-state index in [1.54, 1.807) is 20.8 Å². The Balaban J connectivity index is 4.27. The number of hydrogen-bond acceptors (Lipinski definition) is 5. The van der Waals surface area contributed by atoms with Gasteiger partial charge in [0.05, 0.1) is 6.61 Å². The van der Waals surface area contributed by atoms with E-state index in [2.05, 4.69) is 5.32 Å². The summed E-state index contributed by atoms with van der Waals surface area (Å²) >= 11 is 0. The van der Waals surface area contributed by atoms with Crippen molar-refractivity contribution in [3.05, 3.63) is 0 Å². The van der Waals surface area contributed by atoms with Crippen molar-refractivity contribution in [2.45, 2.75) is 52.2 Å². The van der Waals surface area contributed by atoms with Crippen LogP contribution in [0.15, 0.2) is 0 Å². The van der Waals surface area contributed by atoms with Gasteiger partial charge in [-0.3, -0.25) is 10.2 Å². The lowest BCUT2D eigenvalue weighted by Crippen LogP contribution is -2.52. The average molecular weight is 275 g/mol. The standard InChI is InChI=1S/C12H25N3O4/c1-5-6-7-18-8-9(10(16)15-13)14-11(17)19-12(2,3)4/h9H,5-8,13H2,1-4H3,(H,14,17)(H,15,16). The predicted molar refractivity (Wildman–Crippen MR) is 71.2 cm³/mol. The van der Waals surface area contributed by atoms with Gasteiger partial charge in [0, 0.05) is 6.61 Å². The summed E-state index contributed by atoms with van der Waals surface area (Å²) in [4.78, 5) is 23.1. The highest BCUT2D eigenvalue weighted by Crippen LogP contribution is 2.06. The van der Waals surface area contributed by atoms with Gasteiger partial charge in [-0.15, -0.1) is 0 Å². The number of unbranched alkanes of at least 4 members (excludes halogenated alkanes) is 1. The maximum absolute atomic E-state index is 11.6. The van der Waals surface area contributed by atoms with E-state index in [0.29, 0.717) is 6.61 Å². The van der Waals surface area contributed by atoms with Crippen molar-refractivity contribution in [1.29, 1.82) is 0 Å². The number of amides is 2. The third-order valence-electron chi connectivity index (χ3n) is 2.08. The molecular formula is C12H25N3O4. The van der Waals surface area contributed by atoms with Crippen LogP contribution in [0.3, 0.4) is 0 Å². The Morgan fingerprint density at radius 2 is 1.95 bits per heavy atom. The summed E-state index contributed by atoms with van der Waals surface area (Å²) in [5.74, 6) is 4.53. The summed E-state index contributed by atoms with van der Waals surface area (Å²) in [5.41, 5.74) is 1.36. The van der Waals surface area contributed by atoms with E-state index in [-0.39, 0.29) is 6.61 Å². The lowest BCUT2D eigenvalue weighted by Gasteiger charge is -2.22.